The smallest absolute Gasteiger partial charge is 0.149 e. The summed E-state index contributed by atoms with van der Waals surface area (Å²) in [5.74, 6) is -0.354. The third-order valence-corrected chi connectivity index (χ3v) is 6.01. The molecule has 0 saturated heterocycles. The van der Waals surface area contributed by atoms with Gasteiger partial charge in [-0.1, -0.05) is 31.0 Å². The van der Waals surface area contributed by atoms with Crippen LogP contribution in [-0.2, 0) is 0 Å². The van der Waals surface area contributed by atoms with Crippen molar-refractivity contribution in [3.63, 3.8) is 0 Å². The van der Waals surface area contributed by atoms with Crippen LogP contribution in [0.2, 0.25) is 5.02 Å². The molecule has 134 valence electrons. The Labute approximate surface area is 161 Å². The van der Waals surface area contributed by atoms with Crippen molar-refractivity contribution in [2.24, 2.45) is 0 Å². The Morgan fingerprint density at radius 2 is 2.12 bits per heavy atom. The lowest BCUT2D eigenvalue weighted by Crippen LogP contribution is -2.24. The van der Waals surface area contributed by atoms with Crippen LogP contribution in [0.1, 0.15) is 41.7 Å². The molecule has 0 bridgehead atoms. The van der Waals surface area contributed by atoms with Crippen molar-refractivity contribution in [1.82, 2.24) is 0 Å². The van der Waals surface area contributed by atoms with E-state index in [2.05, 4.69) is 6.07 Å². The maximum Gasteiger partial charge on any atom is 0.149 e. The van der Waals surface area contributed by atoms with Crippen LogP contribution in [0.5, 0.6) is 5.75 Å². The molecule has 0 fully saturated rings. The van der Waals surface area contributed by atoms with Gasteiger partial charge < -0.3 is 5.11 Å². The summed E-state index contributed by atoms with van der Waals surface area (Å²) < 4.78 is 15.5. The number of phenols is 1. The largest absolute Gasteiger partial charge is 0.506 e. The van der Waals surface area contributed by atoms with E-state index in [0.717, 1.165) is 10.4 Å². The molecule has 1 aliphatic carbocycles. The predicted octanol–water partition coefficient (Wildman–Crippen LogP) is 6.55. The summed E-state index contributed by atoms with van der Waals surface area (Å²) in [5, 5.41) is 21.7. The van der Waals surface area contributed by atoms with Gasteiger partial charge in [0, 0.05) is 10.5 Å². The van der Waals surface area contributed by atoms with E-state index in [1.807, 2.05) is 25.3 Å². The Balaban J connectivity index is 2.22. The number of aromatic hydroxyl groups is 1. The Hall–Kier alpha value is -2.09. The topological polar surface area (TPSA) is 44.0 Å². The van der Waals surface area contributed by atoms with Gasteiger partial charge in [0.25, 0.3) is 0 Å². The molecule has 2 nitrogen and oxygen atoms in total. The summed E-state index contributed by atoms with van der Waals surface area (Å²) in [6, 6.07) is 9.06. The van der Waals surface area contributed by atoms with Gasteiger partial charge in [-0.3, -0.25) is 0 Å². The van der Waals surface area contributed by atoms with Gasteiger partial charge >= 0.3 is 0 Å². The van der Waals surface area contributed by atoms with Crippen LogP contribution >= 0.6 is 22.9 Å². The highest BCUT2D eigenvalue weighted by atomic mass is 35.5. The zero-order chi connectivity index (χ0) is 18.9. The van der Waals surface area contributed by atoms with E-state index in [-0.39, 0.29) is 16.7 Å². The quantitative estimate of drug-likeness (QED) is 0.645. The minimum absolute atomic E-state index is 0.0215. The maximum atomic E-state index is 15.5. The second-order valence-electron chi connectivity index (χ2n) is 6.55. The highest BCUT2D eigenvalue weighted by Crippen LogP contribution is 2.48. The number of hydrogen-bond acceptors (Lipinski definition) is 3. The molecule has 26 heavy (non-hydrogen) atoms. The standard InChI is InChI=1S/C21H19ClFNOS/c1-3-7-21(23)10-15(12-24)19(20-13(2)6-8-26-20)16(11-21)14-4-5-18(25)17(22)9-14/h4-6,8-11,19,25H,3,7H2,1-2H3. The molecule has 1 N–H and O–H groups in total. The van der Waals surface area contributed by atoms with Gasteiger partial charge in [0.2, 0.25) is 0 Å². The SMILES string of the molecule is CCCC1(F)C=C(C#N)C(c2sccc2C)C(c2ccc(O)c(Cl)c2)=C1. The molecule has 3 rings (SSSR count). The second-order valence-corrected chi connectivity index (χ2v) is 7.91. The molecular formula is C21H19ClFNOS. The van der Waals surface area contributed by atoms with Gasteiger partial charge in [0.15, 0.2) is 0 Å². The van der Waals surface area contributed by atoms with Crippen molar-refractivity contribution in [3.05, 3.63) is 68.4 Å². The van der Waals surface area contributed by atoms with Crippen molar-refractivity contribution in [2.75, 3.05) is 0 Å². The van der Waals surface area contributed by atoms with Crippen LogP contribution in [0, 0.1) is 18.3 Å². The number of nitriles is 1. The van der Waals surface area contributed by atoms with Crippen LogP contribution < -0.4 is 0 Å². The molecule has 1 heterocycles. The minimum atomic E-state index is -1.67. The zero-order valence-electron chi connectivity index (χ0n) is 14.6. The number of aryl methyl sites for hydroxylation is 1. The second kappa shape index (κ2) is 7.26. The molecule has 1 aromatic carbocycles. The number of hydrogen-bond donors (Lipinski definition) is 1. The van der Waals surface area contributed by atoms with Gasteiger partial charge in [0.1, 0.15) is 11.4 Å². The van der Waals surface area contributed by atoms with Crippen molar-refractivity contribution >= 4 is 28.5 Å². The molecule has 2 unspecified atom stereocenters. The first-order chi connectivity index (χ1) is 12.4. The molecular weight excluding hydrogens is 369 g/mol. The van der Waals surface area contributed by atoms with Crippen LogP contribution in [0.3, 0.4) is 0 Å². The predicted molar refractivity (Wildman–Crippen MR) is 105 cm³/mol. The molecule has 0 spiro atoms. The molecule has 1 aromatic heterocycles. The first-order valence-electron chi connectivity index (χ1n) is 8.46. The molecule has 2 atom stereocenters. The summed E-state index contributed by atoms with van der Waals surface area (Å²) in [5.41, 5.74) is 1.24. The number of halogens is 2. The first-order valence-corrected chi connectivity index (χ1v) is 9.71. The minimum Gasteiger partial charge on any atom is -0.506 e. The number of phenolic OH excluding ortho intramolecular Hbond substituents is 1. The van der Waals surface area contributed by atoms with Crippen molar-refractivity contribution in [2.45, 2.75) is 38.3 Å². The summed E-state index contributed by atoms with van der Waals surface area (Å²) >= 11 is 7.65. The van der Waals surface area contributed by atoms with Crippen LogP contribution in [-0.4, -0.2) is 10.8 Å². The van der Waals surface area contributed by atoms with E-state index < -0.39 is 5.67 Å². The van der Waals surface area contributed by atoms with Crippen molar-refractivity contribution in [3.8, 4) is 11.8 Å². The van der Waals surface area contributed by atoms with Crippen LogP contribution in [0.15, 0.2) is 47.4 Å². The average molecular weight is 388 g/mol. The number of thiophene rings is 1. The van der Waals surface area contributed by atoms with Gasteiger partial charge in [0.05, 0.1) is 17.0 Å². The number of nitrogens with zero attached hydrogens (tertiary/aromatic N) is 1. The van der Waals surface area contributed by atoms with E-state index in [0.29, 0.717) is 29.6 Å². The van der Waals surface area contributed by atoms with Gasteiger partial charge in [-0.05, 0) is 65.8 Å². The summed E-state index contributed by atoms with van der Waals surface area (Å²) in [6.45, 7) is 3.91. The number of alkyl halides is 1. The molecule has 0 radical (unpaired) electrons. The van der Waals surface area contributed by atoms with E-state index in [1.165, 1.54) is 12.1 Å². The van der Waals surface area contributed by atoms with E-state index in [1.54, 1.807) is 29.5 Å². The highest BCUT2D eigenvalue weighted by Gasteiger charge is 2.36. The fraction of sp³-hybridized carbons (Fsp3) is 0.286. The molecule has 0 aliphatic heterocycles. The van der Waals surface area contributed by atoms with Gasteiger partial charge in [-0.2, -0.15) is 5.26 Å². The van der Waals surface area contributed by atoms with E-state index in [4.69, 9.17) is 11.6 Å². The molecule has 0 amide bonds. The van der Waals surface area contributed by atoms with Gasteiger partial charge in [-0.15, -0.1) is 11.3 Å². The monoisotopic (exact) mass is 387 g/mol. The van der Waals surface area contributed by atoms with Crippen LogP contribution in [0.25, 0.3) is 5.57 Å². The Bertz CT molecular complexity index is 940. The maximum absolute atomic E-state index is 15.5. The Morgan fingerprint density at radius 3 is 2.69 bits per heavy atom. The molecule has 2 aromatic rings. The fourth-order valence-corrected chi connectivity index (χ4v) is 4.66. The zero-order valence-corrected chi connectivity index (χ0v) is 16.2. The fourth-order valence-electron chi connectivity index (χ4n) is 3.42. The molecule has 1 aliphatic rings. The lowest BCUT2D eigenvalue weighted by Gasteiger charge is -2.31. The number of rotatable bonds is 4. The molecule has 5 heteroatoms. The Morgan fingerprint density at radius 1 is 1.35 bits per heavy atom. The first kappa shape index (κ1) is 18.7. The van der Waals surface area contributed by atoms with Crippen molar-refractivity contribution in [1.29, 1.82) is 5.26 Å². The van der Waals surface area contributed by atoms with Crippen LogP contribution in [0.4, 0.5) is 4.39 Å². The lowest BCUT2D eigenvalue weighted by atomic mass is 9.76. The average Bonchev–Trinajstić information content (AvgIpc) is 3.02. The molecule has 0 saturated carbocycles. The normalized spacial score (nSPS) is 22.5. The number of allylic oxidation sites excluding steroid dienone is 4. The van der Waals surface area contributed by atoms with Crippen molar-refractivity contribution < 1.29 is 9.50 Å². The third-order valence-electron chi connectivity index (χ3n) is 4.62. The van der Waals surface area contributed by atoms with E-state index in [9.17, 15) is 10.4 Å². The number of benzene rings is 1. The Kier molecular flexibility index (Phi) is 5.22. The summed E-state index contributed by atoms with van der Waals surface area (Å²) in [4.78, 5) is 1.02. The lowest BCUT2D eigenvalue weighted by molar-refractivity contribution is 0.274. The third kappa shape index (κ3) is 3.42. The van der Waals surface area contributed by atoms with Gasteiger partial charge in [-0.25, -0.2) is 4.39 Å². The summed E-state index contributed by atoms with van der Waals surface area (Å²) in [7, 11) is 0. The highest BCUT2D eigenvalue weighted by molar-refractivity contribution is 7.10. The van der Waals surface area contributed by atoms with E-state index >= 15 is 4.39 Å². The summed E-state index contributed by atoms with van der Waals surface area (Å²) in [6.07, 6.45) is 4.05.